The van der Waals surface area contributed by atoms with Crippen molar-refractivity contribution in [3.05, 3.63) is 40.3 Å². The van der Waals surface area contributed by atoms with Crippen LogP contribution in [0.2, 0.25) is 0 Å². The molecule has 0 bridgehead atoms. The number of aliphatic hydroxyl groups is 1. The number of fused-ring (bicyclic) bond motifs is 1. The molecule has 2 fully saturated rings. The number of hydrogen-bond acceptors (Lipinski definition) is 8. The molecule has 1 N–H and O–H groups in total. The van der Waals surface area contributed by atoms with E-state index < -0.39 is 53.2 Å². The van der Waals surface area contributed by atoms with E-state index in [9.17, 15) is 13.5 Å². The predicted molar refractivity (Wildman–Crippen MR) is 92.0 cm³/mol. The van der Waals surface area contributed by atoms with Crippen LogP contribution in [0, 0.1) is 6.92 Å². The summed E-state index contributed by atoms with van der Waals surface area (Å²) in [5, 5.41) is 14.0. The van der Waals surface area contributed by atoms with Gasteiger partial charge in [-0.1, -0.05) is 22.8 Å². The molecule has 3 rings (SSSR count). The molecule has 5 unspecified atom stereocenters. The van der Waals surface area contributed by atoms with Gasteiger partial charge in [0.25, 0.3) is 10.1 Å². The fourth-order valence-corrected chi connectivity index (χ4v) is 3.98. The van der Waals surface area contributed by atoms with Crippen LogP contribution >= 0.6 is 0 Å². The first-order valence-corrected chi connectivity index (χ1v) is 9.73. The highest BCUT2D eigenvalue weighted by Crippen LogP contribution is 2.39. The van der Waals surface area contributed by atoms with Crippen molar-refractivity contribution in [2.45, 2.75) is 62.1 Å². The monoisotopic (exact) mass is 399 g/mol. The number of nitrogens with zero attached hydrogens (tertiary/aromatic N) is 3. The van der Waals surface area contributed by atoms with E-state index in [4.69, 9.17) is 23.9 Å². The van der Waals surface area contributed by atoms with Crippen LogP contribution in [0.15, 0.2) is 34.3 Å². The molecule has 0 amide bonds. The summed E-state index contributed by atoms with van der Waals surface area (Å²) in [7, 11) is -4.05. The molecule has 0 aliphatic carbocycles. The van der Waals surface area contributed by atoms with Crippen molar-refractivity contribution in [3.63, 3.8) is 0 Å². The molecule has 0 spiro atoms. The standard InChI is InChI=1S/C16H21N3O7S/c1-9-4-6-10(7-5-9)27(21,22)23-8-11(20)13-12(18-19-17)14-15(24-13)26-16(2,3)25-14/h4-7,11-15,20H,8H2,1-3H3. The maximum absolute atomic E-state index is 12.2. The maximum Gasteiger partial charge on any atom is 0.297 e. The summed E-state index contributed by atoms with van der Waals surface area (Å²) in [6.07, 6.45) is -3.94. The van der Waals surface area contributed by atoms with Crippen molar-refractivity contribution >= 4 is 10.1 Å². The fourth-order valence-electron chi connectivity index (χ4n) is 3.05. The summed E-state index contributed by atoms with van der Waals surface area (Å²) < 4.78 is 46.3. The number of aryl methyl sites for hydroxylation is 1. The molecule has 2 aliphatic heterocycles. The Kier molecular flexibility index (Phi) is 5.46. The van der Waals surface area contributed by atoms with Crippen molar-refractivity contribution in [1.29, 1.82) is 0 Å². The molecule has 1 aromatic rings. The number of hydrogen-bond donors (Lipinski definition) is 1. The molecule has 2 saturated heterocycles. The lowest BCUT2D eigenvalue weighted by molar-refractivity contribution is -0.216. The number of benzene rings is 1. The molecular weight excluding hydrogens is 378 g/mol. The zero-order valence-corrected chi connectivity index (χ0v) is 15.9. The molecule has 0 aromatic heterocycles. The highest BCUT2D eigenvalue weighted by Gasteiger charge is 2.56. The number of aliphatic hydroxyl groups excluding tert-OH is 1. The highest BCUT2D eigenvalue weighted by molar-refractivity contribution is 7.86. The van der Waals surface area contributed by atoms with Gasteiger partial charge in [-0.3, -0.25) is 4.18 Å². The van der Waals surface area contributed by atoms with E-state index in [1.807, 2.05) is 6.92 Å². The summed E-state index contributed by atoms with van der Waals surface area (Å²) in [6, 6.07) is 5.23. The van der Waals surface area contributed by atoms with Gasteiger partial charge in [-0.25, -0.2) is 0 Å². The second-order valence-corrected chi connectivity index (χ2v) is 8.50. The largest absolute Gasteiger partial charge is 0.388 e. The second-order valence-electron chi connectivity index (χ2n) is 6.88. The van der Waals surface area contributed by atoms with Crippen LogP contribution in [0.25, 0.3) is 10.4 Å². The van der Waals surface area contributed by atoms with E-state index in [1.165, 1.54) is 12.1 Å². The Balaban J connectivity index is 1.68. The third kappa shape index (κ3) is 4.25. The van der Waals surface area contributed by atoms with Gasteiger partial charge in [0.2, 0.25) is 0 Å². The van der Waals surface area contributed by atoms with Gasteiger partial charge >= 0.3 is 0 Å². The summed E-state index contributed by atoms with van der Waals surface area (Å²) in [6.45, 7) is 4.63. The van der Waals surface area contributed by atoms with Crippen molar-refractivity contribution in [1.82, 2.24) is 0 Å². The van der Waals surface area contributed by atoms with Crippen LogP contribution in [0.1, 0.15) is 19.4 Å². The van der Waals surface area contributed by atoms with Gasteiger partial charge < -0.3 is 19.3 Å². The first-order chi connectivity index (χ1) is 12.6. The van der Waals surface area contributed by atoms with E-state index in [0.717, 1.165) is 5.56 Å². The Hall–Kier alpha value is -1.72. The van der Waals surface area contributed by atoms with Crippen LogP contribution in [-0.4, -0.2) is 56.6 Å². The van der Waals surface area contributed by atoms with Gasteiger partial charge in [-0.2, -0.15) is 8.42 Å². The van der Waals surface area contributed by atoms with Crippen molar-refractivity contribution < 1.29 is 31.9 Å². The minimum atomic E-state index is -4.05. The maximum atomic E-state index is 12.2. The van der Waals surface area contributed by atoms with Crippen molar-refractivity contribution in [3.8, 4) is 0 Å². The van der Waals surface area contributed by atoms with Crippen molar-refractivity contribution in [2.24, 2.45) is 5.11 Å². The lowest BCUT2D eigenvalue weighted by atomic mass is 10.0. The molecule has 27 heavy (non-hydrogen) atoms. The van der Waals surface area contributed by atoms with E-state index in [0.29, 0.717) is 0 Å². The van der Waals surface area contributed by atoms with Gasteiger partial charge in [0.1, 0.15) is 18.3 Å². The molecule has 1 aromatic carbocycles. The minimum absolute atomic E-state index is 0.0236. The lowest BCUT2D eigenvalue weighted by Crippen LogP contribution is -2.42. The normalized spacial score (nSPS) is 30.5. The Morgan fingerprint density at radius 1 is 1.33 bits per heavy atom. The summed E-state index contributed by atoms with van der Waals surface area (Å²) in [4.78, 5) is 2.74. The molecule has 5 atom stereocenters. The topological polar surface area (TPSA) is 140 Å². The van der Waals surface area contributed by atoms with Crippen LogP contribution in [0.4, 0.5) is 0 Å². The van der Waals surface area contributed by atoms with Crippen LogP contribution in [-0.2, 0) is 28.5 Å². The third-order valence-electron chi connectivity index (χ3n) is 4.32. The molecule has 10 nitrogen and oxygen atoms in total. The average molecular weight is 399 g/mol. The van der Waals surface area contributed by atoms with Crippen LogP contribution < -0.4 is 0 Å². The Morgan fingerprint density at radius 3 is 2.63 bits per heavy atom. The molecule has 2 heterocycles. The summed E-state index contributed by atoms with van der Waals surface area (Å²) in [5.74, 6) is -0.917. The van der Waals surface area contributed by atoms with E-state index in [2.05, 4.69) is 10.0 Å². The number of azide groups is 1. The van der Waals surface area contributed by atoms with E-state index >= 15 is 0 Å². The molecule has 11 heteroatoms. The summed E-state index contributed by atoms with van der Waals surface area (Å²) >= 11 is 0. The smallest absolute Gasteiger partial charge is 0.297 e. The summed E-state index contributed by atoms with van der Waals surface area (Å²) in [5.41, 5.74) is 9.71. The average Bonchev–Trinajstić information content (AvgIpc) is 3.06. The Bertz CT molecular complexity index is 836. The second kappa shape index (κ2) is 7.36. The molecule has 2 aliphatic rings. The Morgan fingerprint density at radius 2 is 2.00 bits per heavy atom. The first-order valence-electron chi connectivity index (χ1n) is 8.32. The molecule has 0 saturated carbocycles. The van der Waals surface area contributed by atoms with Crippen LogP contribution in [0.5, 0.6) is 0 Å². The van der Waals surface area contributed by atoms with Gasteiger partial charge in [-0.15, -0.1) is 0 Å². The zero-order valence-electron chi connectivity index (χ0n) is 15.0. The van der Waals surface area contributed by atoms with Gasteiger partial charge in [0.05, 0.1) is 17.5 Å². The third-order valence-corrected chi connectivity index (χ3v) is 5.62. The predicted octanol–water partition coefficient (Wildman–Crippen LogP) is 1.62. The minimum Gasteiger partial charge on any atom is -0.388 e. The fraction of sp³-hybridized carbons (Fsp3) is 0.625. The van der Waals surface area contributed by atoms with E-state index in [1.54, 1.807) is 26.0 Å². The quantitative estimate of drug-likeness (QED) is 0.332. The van der Waals surface area contributed by atoms with Crippen LogP contribution in [0.3, 0.4) is 0 Å². The number of rotatable bonds is 6. The zero-order chi connectivity index (χ0) is 19.8. The SMILES string of the molecule is Cc1ccc(S(=O)(=O)OCC(O)C2OC3OC(C)(C)OC3C2N=[N+]=[N-])cc1. The van der Waals surface area contributed by atoms with Gasteiger partial charge in [0, 0.05) is 4.91 Å². The number of ether oxygens (including phenoxy) is 3. The van der Waals surface area contributed by atoms with Gasteiger partial charge in [-0.05, 0) is 38.4 Å². The van der Waals surface area contributed by atoms with Crippen molar-refractivity contribution in [2.75, 3.05) is 6.61 Å². The first kappa shape index (κ1) is 20.0. The Labute approximate surface area is 156 Å². The van der Waals surface area contributed by atoms with Gasteiger partial charge in [0.15, 0.2) is 12.1 Å². The van der Waals surface area contributed by atoms with E-state index in [-0.39, 0.29) is 4.90 Å². The molecule has 148 valence electrons. The molecule has 0 radical (unpaired) electrons. The molecular formula is C16H21N3O7S. The highest BCUT2D eigenvalue weighted by atomic mass is 32.2. The lowest BCUT2D eigenvalue weighted by Gasteiger charge is -2.26.